The topological polar surface area (TPSA) is 90.5 Å². The van der Waals surface area contributed by atoms with E-state index < -0.39 is 11.5 Å². The molecule has 0 atom stereocenters. The van der Waals surface area contributed by atoms with E-state index in [0.717, 1.165) is 32.2 Å². The van der Waals surface area contributed by atoms with E-state index in [1.807, 2.05) is 7.05 Å². The average Bonchev–Trinajstić information content (AvgIpc) is 2.44. The predicted octanol–water partition coefficient (Wildman–Crippen LogP) is 1.32. The number of carboxylic acid groups (broad SMARTS) is 1. The summed E-state index contributed by atoms with van der Waals surface area (Å²) in [5.41, 5.74) is -1.08. The highest BCUT2D eigenvalue weighted by atomic mass is 16.4. The highest BCUT2D eigenvalue weighted by Crippen LogP contribution is 2.33. The van der Waals surface area contributed by atoms with Crippen molar-refractivity contribution in [3.63, 3.8) is 0 Å². The summed E-state index contributed by atoms with van der Waals surface area (Å²) in [6.45, 7) is 3.49. The number of carbonyl (C=O) groups is 2. The number of carbonyl (C=O) groups excluding carboxylic acids is 1. The van der Waals surface area contributed by atoms with Crippen LogP contribution in [0, 0.1) is 5.92 Å². The second-order valence-electron chi connectivity index (χ2n) is 5.58. The van der Waals surface area contributed by atoms with Gasteiger partial charge in [-0.15, -0.1) is 0 Å². The van der Waals surface area contributed by atoms with Gasteiger partial charge in [0.2, 0.25) is 0 Å². The first-order valence-corrected chi connectivity index (χ1v) is 7.48. The third-order valence-electron chi connectivity index (χ3n) is 4.19. The maximum atomic E-state index is 11.8. The number of amides is 2. The summed E-state index contributed by atoms with van der Waals surface area (Å²) in [7, 11) is 1.85. The van der Waals surface area contributed by atoms with Gasteiger partial charge in [0, 0.05) is 6.54 Å². The molecule has 0 heterocycles. The van der Waals surface area contributed by atoms with Crippen LogP contribution in [0.2, 0.25) is 0 Å². The summed E-state index contributed by atoms with van der Waals surface area (Å²) in [5, 5.41) is 17.8. The maximum absolute atomic E-state index is 11.8. The molecule has 6 heteroatoms. The maximum Gasteiger partial charge on any atom is 0.329 e. The molecule has 0 saturated heterocycles. The fourth-order valence-electron chi connectivity index (χ4n) is 2.70. The Bertz CT molecular complexity index is 326. The van der Waals surface area contributed by atoms with E-state index >= 15 is 0 Å². The highest BCUT2D eigenvalue weighted by Gasteiger charge is 2.42. The van der Waals surface area contributed by atoms with Crippen LogP contribution in [0.1, 0.15) is 45.4 Å². The van der Waals surface area contributed by atoms with E-state index in [-0.39, 0.29) is 6.03 Å². The van der Waals surface area contributed by atoms with Crippen LogP contribution in [-0.2, 0) is 4.79 Å². The smallest absolute Gasteiger partial charge is 0.329 e. The Hall–Kier alpha value is -1.30. The SMILES string of the molecule is CCC1CCC(NC(=O)NCCCNC)(C(=O)O)CC1. The number of hydrogen-bond donors (Lipinski definition) is 4. The fourth-order valence-corrected chi connectivity index (χ4v) is 2.70. The minimum Gasteiger partial charge on any atom is -0.480 e. The summed E-state index contributed by atoms with van der Waals surface area (Å²) in [4.78, 5) is 23.4. The lowest BCUT2D eigenvalue weighted by Crippen LogP contribution is -2.58. The lowest BCUT2D eigenvalue weighted by Gasteiger charge is -2.37. The van der Waals surface area contributed by atoms with Gasteiger partial charge in [-0.3, -0.25) is 0 Å². The van der Waals surface area contributed by atoms with E-state index in [4.69, 9.17) is 0 Å². The first-order valence-electron chi connectivity index (χ1n) is 7.48. The third-order valence-corrected chi connectivity index (χ3v) is 4.19. The van der Waals surface area contributed by atoms with Crippen LogP contribution < -0.4 is 16.0 Å². The van der Waals surface area contributed by atoms with Crippen LogP contribution in [0.25, 0.3) is 0 Å². The molecule has 1 aliphatic rings. The monoisotopic (exact) mass is 285 g/mol. The number of urea groups is 1. The van der Waals surface area contributed by atoms with Gasteiger partial charge in [-0.05, 0) is 51.6 Å². The van der Waals surface area contributed by atoms with Crippen LogP contribution in [0.5, 0.6) is 0 Å². The molecule has 116 valence electrons. The number of aliphatic carboxylic acids is 1. The molecule has 6 nitrogen and oxygen atoms in total. The largest absolute Gasteiger partial charge is 0.480 e. The molecule has 0 aromatic carbocycles. The normalized spacial score (nSPS) is 26.0. The predicted molar refractivity (Wildman–Crippen MR) is 77.7 cm³/mol. The summed E-state index contributed by atoms with van der Waals surface area (Å²) < 4.78 is 0. The van der Waals surface area contributed by atoms with Crippen molar-refractivity contribution in [2.75, 3.05) is 20.1 Å². The molecule has 0 unspecified atom stereocenters. The highest BCUT2D eigenvalue weighted by molar-refractivity contribution is 5.86. The van der Waals surface area contributed by atoms with Crippen molar-refractivity contribution in [2.24, 2.45) is 5.92 Å². The van der Waals surface area contributed by atoms with Gasteiger partial charge in [-0.2, -0.15) is 0 Å². The van der Waals surface area contributed by atoms with E-state index in [2.05, 4.69) is 22.9 Å². The molecule has 0 radical (unpaired) electrons. The lowest BCUT2D eigenvalue weighted by molar-refractivity contribution is -0.146. The quantitative estimate of drug-likeness (QED) is 0.531. The van der Waals surface area contributed by atoms with Gasteiger partial charge in [-0.1, -0.05) is 13.3 Å². The molecule has 20 heavy (non-hydrogen) atoms. The summed E-state index contributed by atoms with van der Waals surface area (Å²) in [6.07, 6.45) is 4.66. The zero-order valence-electron chi connectivity index (χ0n) is 12.5. The molecule has 2 amide bonds. The Kier molecular flexibility index (Phi) is 6.78. The minimum absolute atomic E-state index is 0.376. The van der Waals surface area contributed by atoms with E-state index in [9.17, 15) is 14.7 Å². The van der Waals surface area contributed by atoms with Crippen LogP contribution >= 0.6 is 0 Å². The van der Waals surface area contributed by atoms with Gasteiger partial charge >= 0.3 is 12.0 Å². The van der Waals surface area contributed by atoms with Crippen molar-refractivity contribution < 1.29 is 14.7 Å². The molecule has 1 fully saturated rings. The van der Waals surface area contributed by atoms with Crippen LogP contribution in [0.4, 0.5) is 4.79 Å². The van der Waals surface area contributed by atoms with Crippen LogP contribution in [0.15, 0.2) is 0 Å². The Morgan fingerprint density at radius 1 is 1.25 bits per heavy atom. The molecule has 4 N–H and O–H groups in total. The average molecular weight is 285 g/mol. The lowest BCUT2D eigenvalue weighted by atomic mass is 9.75. The van der Waals surface area contributed by atoms with Crippen molar-refractivity contribution in [1.82, 2.24) is 16.0 Å². The minimum atomic E-state index is -1.08. The molecule has 0 aromatic rings. The summed E-state index contributed by atoms with van der Waals surface area (Å²) in [5.74, 6) is -0.333. The number of rotatable bonds is 7. The van der Waals surface area contributed by atoms with Gasteiger partial charge in [0.15, 0.2) is 0 Å². The van der Waals surface area contributed by atoms with Crippen LogP contribution in [0.3, 0.4) is 0 Å². The zero-order valence-corrected chi connectivity index (χ0v) is 12.5. The zero-order chi connectivity index (χ0) is 15.0. The number of carboxylic acids is 1. The van der Waals surface area contributed by atoms with E-state index in [1.54, 1.807) is 0 Å². The molecule has 1 aliphatic carbocycles. The molecule has 0 aliphatic heterocycles. The van der Waals surface area contributed by atoms with Crippen molar-refractivity contribution >= 4 is 12.0 Å². The molecule has 0 bridgehead atoms. The number of nitrogens with one attached hydrogen (secondary N) is 3. The van der Waals surface area contributed by atoms with E-state index in [0.29, 0.717) is 25.3 Å². The van der Waals surface area contributed by atoms with Crippen molar-refractivity contribution in [1.29, 1.82) is 0 Å². The molecule has 1 saturated carbocycles. The Morgan fingerprint density at radius 2 is 1.90 bits per heavy atom. The molecular formula is C14H27N3O3. The first kappa shape index (κ1) is 16.8. The third kappa shape index (κ3) is 4.67. The summed E-state index contributed by atoms with van der Waals surface area (Å²) in [6, 6.07) is -0.376. The Morgan fingerprint density at radius 3 is 2.40 bits per heavy atom. The van der Waals surface area contributed by atoms with Gasteiger partial charge in [-0.25, -0.2) is 9.59 Å². The second kappa shape index (κ2) is 8.09. The molecule has 0 aromatic heterocycles. The second-order valence-corrected chi connectivity index (χ2v) is 5.58. The Balaban J connectivity index is 2.47. The van der Waals surface area contributed by atoms with Crippen molar-refractivity contribution in [2.45, 2.75) is 51.0 Å². The molecule has 0 spiro atoms. The van der Waals surface area contributed by atoms with Crippen LogP contribution in [-0.4, -0.2) is 42.8 Å². The van der Waals surface area contributed by atoms with Crippen molar-refractivity contribution in [3.8, 4) is 0 Å². The first-order chi connectivity index (χ1) is 9.54. The van der Waals surface area contributed by atoms with E-state index in [1.165, 1.54) is 0 Å². The number of hydrogen-bond acceptors (Lipinski definition) is 3. The summed E-state index contributed by atoms with van der Waals surface area (Å²) >= 11 is 0. The Labute approximate surface area is 120 Å². The molecule has 1 rings (SSSR count). The van der Waals surface area contributed by atoms with Gasteiger partial charge in [0.25, 0.3) is 0 Å². The van der Waals surface area contributed by atoms with Crippen molar-refractivity contribution in [3.05, 3.63) is 0 Å². The van der Waals surface area contributed by atoms with Gasteiger partial charge in [0.05, 0.1) is 0 Å². The standard InChI is InChI=1S/C14H27N3O3/c1-3-11-5-7-14(8-6-11,12(18)19)17-13(20)16-10-4-9-15-2/h11,15H,3-10H2,1-2H3,(H,18,19)(H2,16,17,20). The van der Waals surface area contributed by atoms with Gasteiger partial charge < -0.3 is 21.1 Å². The molecular weight excluding hydrogens is 258 g/mol. The fraction of sp³-hybridized carbons (Fsp3) is 0.857. The van der Waals surface area contributed by atoms with Gasteiger partial charge in [0.1, 0.15) is 5.54 Å².